The predicted molar refractivity (Wildman–Crippen MR) is 163 cm³/mol. The highest BCUT2D eigenvalue weighted by molar-refractivity contribution is 5.68. The third-order valence-corrected chi connectivity index (χ3v) is 7.66. The molecule has 39 heavy (non-hydrogen) atoms. The summed E-state index contributed by atoms with van der Waals surface area (Å²) in [7, 11) is 0. The van der Waals surface area contributed by atoms with E-state index in [2.05, 4.69) is 76.2 Å². The van der Waals surface area contributed by atoms with Gasteiger partial charge in [0.2, 0.25) is 0 Å². The van der Waals surface area contributed by atoms with Crippen LogP contribution >= 0.6 is 0 Å². The number of ether oxygens (including phenoxy) is 1. The molecule has 3 aromatic rings. The van der Waals surface area contributed by atoms with Gasteiger partial charge in [-0.25, -0.2) is 0 Å². The molecule has 4 nitrogen and oxygen atoms in total. The molecule has 0 bridgehead atoms. The minimum atomic E-state index is -0.849. The maximum absolute atomic E-state index is 10.7. The summed E-state index contributed by atoms with van der Waals surface area (Å²) >= 11 is 0. The van der Waals surface area contributed by atoms with Crippen LogP contribution in [0.25, 0.3) is 11.1 Å². The molecule has 3 aromatic carbocycles. The molecule has 0 aliphatic heterocycles. The highest BCUT2D eigenvalue weighted by Crippen LogP contribution is 2.42. The number of hydrogen-bond donors (Lipinski definition) is 2. The minimum absolute atomic E-state index is 0.0984. The SMILES string of the molecule is CC.CCC(CC)(c1ccc(OCCCCC(=O)O)c(C)c1)c1ccc(-c2ccc(C(C)(C)O)cc2)c(C)c1. The Bertz CT molecular complexity index is 1200. The monoisotopic (exact) mass is 532 g/mol. The van der Waals surface area contributed by atoms with Gasteiger partial charge in [-0.05, 0) is 98.4 Å². The largest absolute Gasteiger partial charge is 0.493 e. The van der Waals surface area contributed by atoms with Gasteiger partial charge in [0.25, 0.3) is 0 Å². The standard InChI is InChI=1S/C33H42O4.C2H6/c1-7-33(8-2,28-17-19-30(24(4)22-28)37-20-10-9-11-31(34)35)27-16-18-29(23(3)21-27)25-12-14-26(15-13-25)32(5,6)36;1-2/h12-19,21-22,36H,7-11,20H2,1-6H3,(H,34,35);1-2H3. The van der Waals surface area contributed by atoms with E-state index in [1.807, 2.05) is 26.0 Å². The van der Waals surface area contributed by atoms with E-state index in [4.69, 9.17) is 9.84 Å². The van der Waals surface area contributed by atoms with Crippen LogP contribution in [0, 0.1) is 13.8 Å². The normalized spacial score (nSPS) is 11.5. The summed E-state index contributed by atoms with van der Waals surface area (Å²) in [6, 6.07) is 21.5. The average molecular weight is 533 g/mol. The molecular weight excluding hydrogens is 484 g/mol. The van der Waals surface area contributed by atoms with Crippen molar-refractivity contribution in [2.45, 2.75) is 98.5 Å². The van der Waals surface area contributed by atoms with Crippen LogP contribution in [0.4, 0.5) is 0 Å². The topological polar surface area (TPSA) is 66.8 Å². The van der Waals surface area contributed by atoms with Crippen molar-refractivity contribution in [1.82, 2.24) is 0 Å². The van der Waals surface area contributed by atoms with Gasteiger partial charge in [-0.15, -0.1) is 0 Å². The lowest BCUT2D eigenvalue weighted by atomic mass is 9.69. The molecule has 0 aliphatic rings. The highest BCUT2D eigenvalue weighted by atomic mass is 16.5. The Morgan fingerprint density at radius 2 is 1.33 bits per heavy atom. The zero-order valence-electron chi connectivity index (χ0n) is 25.2. The fraction of sp³-hybridized carbons (Fsp3) is 0.457. The van der Waals surface area contributed by atoms with Crippen LogP contribution in [0.15, 0.2) is 60.7 Å². The first-order valence-corrected chi connectivity index (χ1v) is 14.4. The summed E-state index contributed by atoms with van der Waals surface area (Å²) in [4.78, 5) is 10.7. The molecule has 0 spiro atoms. The zero-order valence-corrected chi connectivity index (χ0v) is 25.2. The van der Waals surface area contributed by atoms with Gasteiger partial charge in [0.1, 0.15) is 5.75 Å². The molecule has 212 valence electrons. The number of carboxylic acids is 1. The number of aliphatic hydroxyl groups is 1. The molecule has 0 amide bonds. The number of aliphatic carboxylic acids is 1. The average Bonchev–Trinajstić information content (AvgIpc) is 2.91. The van der Waals surface area contributed by atoms with Gasteiger partial charge in [0.15, 0.2) is 0 Å². The molecule has 0 fully saturated rings. The summed E-state index contributed by atoms with van der Waals surface area (Å²) in [5, 5.41) is 19.1. The first-order chi connectivity index (χ1) is 18.5. The predicted octanol–water partition coefficient (Wildman–Crippen LogP) is 8.96. The van der Waals surface area contributed by atoms with E-state index in [1.165, 1.54) is 22.3 Å². The Morgan fingerprint density at radius 1 is 0.795 bits per heavy atom. The van der Waals surface area contributed by atoms with Crippen LogP contribution in [0.2, 0.25) is 0 Å². The van der Waals surface area contributed by atoms with Gasteiger partial charge < -0.3 is 14.9 Å². The van der Waals surface area contributed by atoms with Crippen molar-refractivity contribution in [1.29, 1.82) is 0 Å². The van der Waals surface area contributed by atoms with Crippen molar-refractivity contribution in [3.63, 3.8) is 0 Å². The summed E-state index contributed by atoms with van der Waals surface area (Å²) < 4.78 is 5.96. The molecule has 0 saturated carbocycles. The van der Waals surface area contributed by atoms with Crippen molar-refractivity contribution in [3.8, 4) is 16.9 Å². The summed E-state index contributed by atoms with van der Waals surface area (Å²) in [6.07, 6.45) is 3.50. The van der Waals surface area contributed by atoms with E-state index in [-0.39, 0.29) is 11.8 Å². The Kier molecular flexibility index (Phi) is 11.8. The zero-order chi connectivity index (χ0) is 29.2. The lowest BCUT2D eigenvalue weighted by Crippen LogP contribution is -2.26. The van der Waals surface area contributed by atoms with Gasteiger partial charge in [-0.3, -0.25) is 4.79 Å². The molecule has 0 saturated heterocycles. The van der Waals surface area contributed by atoms with Crippen LogP contribution in [-0.2, 0) is 15.8 Å². The Morgan fingerprint density at radius 3 is 1.82 bits per heavy atom. The summed E-state index contributed by atoms with van der Waals surface area (Å²) in [6.45, 7) is 16.9. The van der Waals surface area contributed by atoms with Crippen LogP contribution in [0.3, 0.4) is 0 Å². The van der Waals surface area contributed by atoms with Crippen molar-refractivity contribution in [2.75, 3.05) is 6.61 Å². The lowest BCUT2D eigenvalue weighted by molar-refractivity contribution is -0.137. The Balaban J connectivity index is 0.00000260. The molecule has 0 unspecified atom stereocenters. The van der Waals surface area contributed by atoms with Gasteiger partial charge in [0.05, 0.1) is 12.2 Å². The summed E-state index contributed by atoms with van der Waals surface area (Å²) in [5.41, 5.74) is 7.25. The Hall–Kier alpha value is -3.11. The second-order valence-corrected chi connectivity index (χ2v) is 10.6. The lowest BCUT2D eigenvalue weighted by Gasteiger charge is -2.34. The van der Waals surface area contributed by atoms with Crippen LogP contribution in [0.1, 0.15) is 101 Å². The highest BCUT2D eigenvalue weighted by Gasteiger charge is 2.31. The third-order valence-electron chi connectivity index (χ3n) is 7.66. The maximum Gasteiger partial charge on any atom is 0.303 e. The number of unbranched alkanes of at least 4 members (excludes halogenated alkanes) is 1. The van der Waals surface area contributed by atoms with E-state index in [0.717, 1.165) is 41.7 Å². The van der Waals surface area contributed by atoms with Crippen molar-refractivity contribution in [2.24, 2.45) is 0 Å². The van der Waals surface area contributed by atoms with E-state index in [1.54, 1.807) is 13.8 Å². The van der Waals surface area contributed by atoms with E-state index in [9.17, 15) is 9.90 Å². The van der Waals surface area contributed by atoms with Crippen LogP contribution in [-0.4, -0.2) is 22.8 Å². The molecule has 2 N–H and O–H groups in total. The number of hydrogen-bond acceptors (Lipinski definition) is 3. The number of carbonyl (C=O) groups is 1. The molecule has 0 aromatic heterocycles. The second-order valence-electron chi connectivity index (χ2n) is 10.6. The molecule has 0 heterocycles. The number of rotatable bonds is 12. The molecule has 4 heteroatoms. The van der Waals surface area contributed by atoms with Gasteiger partial charge in [0, 0.05) is 11.8 Å². The van der Waals surface area contributed by atoms with E-state index < -0.39 is 11.6 Å². The minimum Gasteiger partial charge on any atom is -0.493 e. The van der Waals surface area contributed by atoms with Crippen molar-refractivity contribution < 1.29 is 19.7 Å². The van der Waals surface area contributed by atoms with Gasteiger partial charge in [-0.1, -0.05) is 82.3 Å². The number of benzene rings is 3. The van der Waals surface area contributed by atoms with Gasteiger partial charge >= 0.3 is 5.97 Å². The molecule has 0 radical (unpaired) electrons. The van der Waals surface area contributed by atoms with E-state index in [0.29, 0.717) is 13.0 Å². The van der Waals surface area contributed by atoms with Crippen molar-refractivity contribution >= 4 is 5.97 Å². The fourth-order valence-electron chi connectivity index (χ4n) is 5.25. The molecule has 0 aliphatic carbocycles. The third kappa shape index (κ3) is 7.95. The molecule has 0 atom stereocenters. The maximum atomic E-state index is 10.7. The van der Waals surface area contributed by atoms with Crippen molar-refractivity contribution in [3.05, 3.63) is 88.5 Å². The number of carboxylic acid groups (broad SMARTS) is 1. The fourth-order valence-corrected chi connectivity index (χ4v) is 5.25. The first kappa shape index (κ1) is 32.1. The van der Waals surface area contributed by atoms with Crippen LogP contribution < -0.4 is 4.74 Å². The second kappa shape index (κ2) is 14.3. The van der Waals surface area contributed by atoms with Gasteiger partial charge in [-0.2, -0.15) is 0 Å². The number of aryl methyl sites for hydroxylation is 2. The summed E-state index contributed by atoms with van der Waals surface area (Å²) in [5.74, 6) is 0.101. The smallest absolute Gasteiger partial charge is 0.303 e. The van der Waals surface area contributed by atoms with E-state index >= 15 is 0 Å². The quantitative estimate of drug-likeness (QED) is 0.228. The Labute approximate surface area is 236 Å². The molecule has 3 rings (SSSR count). The first-order valence-electron chi connectivity index (χ1n) is 14.4. The molecular formula is C35H48O4. The van der Waals surface area contributed by atoms with Crippen LogP contribution in [0.5, 0.6) is 5.75 Å².